The molecule has 0 aliphatic carbocycles. The number of carbonyl (C=O) groups is 1. The highest BCUT2D eigenvalue weighted by molar-refractivity contribution is 5.79. The number of carbonyl (C=O) groups excluding carboxylic acids is 1. The summed E-state index contributed by atoms with van der Waals surface area (Å²) in [5.74, 6) is 3.22. The Morgan fingerprint density at radius 1 is 0.971 bits per heavy atom. The normalized spacial score (nSPS) is 10.8. The molecule has 0 amide bonds. The van der Waals surface area contributed by atoms with E-state index >= 15 is 0 Å². The maximum absolute atomic E-state index is 11.2. The first kappa shape index (κ1) is 22.0. The van der Waals surface area contributed by atoms with Crippen molar-refractivity contribution in [3.63, 3.8) is 0 Å². The Balaban J connectivity index is 1.51. The molecule has 3 heterocycles. The largest absolute Gasteiger partial charge is 0.493 e. The SMILES string of the molecule is COc1cc(-n2cnc(Nc3nc(-c4cccc(C=O)c4)nn4cccc34)c2)cc(OC)c1OC. The van der Waals surface area contributed by atoms with E-state index in [0.717, 1.165) is 23.1 Å². The van der Waals surface area contributed by atoms with Gasteiger partial charge >= 0.3 is 0 Å². The van der Waals surface area contributed by atoms with Crippen LogP contribution in [0.4, 0.5) is 11.6 Å². The van der Waals surface area contributed by atoms with E-state index < -0.39 is 0 Å². The fourth-order valence-electron chi connectivity index (χ4n) is 3.77. The molecular weight excluding hydrogens is 448 g/mol. The number of imidazole rings is 1. The molecule has 2 aromatic carbocycles. The zero-order chi connectivity index (χ0) is 24.4. The van der Waals surface area contributed by atoms with Gasteiger partial charge in [-0.3, -0.25) is 4.79 Å². The number of ether oxygens (including phenoxy) is 3. The molecule has 3 aromatic heterocycles. The second kappa shape index (κ2) is 9.18. The zero-order valence-corrected chi connectivity index (χ0v) is 19.3. The summed E-state index contributed by atoms with van der Waals surface area (Å²) >= 11 is 0. The van der Waals surface area contributed by atoms with Gasteiger partial charge in [-0.2, -0.15) is 0 Å². The van der Waals surface area contributed by atoms with E-state index in [1.54, 1.807) is 50.4 Å². The minimum atomic E-state index is 0.476. The van der Waals surface area contributed by atoms with Crippen molar-refractivity contribution in [3.05, 3.63) is 72.8 Å². The quantitative estimate of drug-likeness (QED) is 0.337. The Morgan fingerprint density at radius 2 is 1.77 bits per heavy atom. The van der Waals surface area contributed by atoms with Gasteiger partial charge in [-0.1, -0.05) is 18.2 Å². The van der Waals surface area contributed by atoms with Gasteiger partial charge in [-0.05, 0) is 18.2 Å². The van der Waals surface area contributed by atoms with E-state index in [2.05, 4.69) is 15.4 Å². The zero-order valence-electron chi connectivity index (χ0n) is 19.3. The average Bonchev–Trinajstić information content (AvgIpc) is 3.57. The van der Waals surface area contributed by atoms with Crippen molar-refractivity contribution in [2.24, 2.45) is 0 Å². The molecule has 0 unspecified atom stereocenters. The van der Waals surface area contributed by atoms with E-state index in [4.69, 9.17) is 19.2 Å². The summed E-state index contributed by atoms with van der Waals surface area (Å²) < 4.78 is 19.9. The predicted octanol–water partition coefficient (Wildman–Crippen LogP) is 4.16. The van der Waals surface area contributed by atoms with Crippen molar-refractivity contribution in [2.75, 3.05) is 26.6 Å². The Labute approximate surface area is 200 Å². The molecule has 0 aliphatic rings. The lowest BCUT2D eigenvalue weighted by molar-refractivity contribution is 0.112. The molecule has 1 N–H and O–H groups in total. The molecule has 0 saturated heterocycles. The van der Waals surface area contributed by atoms with Gasteiger partial charge in [-0.15, -0.1) is 5.10 Å². The smallest absolute Gasteiger partial charge is 0.203 e. The molecule has 0 aliphatic heterocycles. The summed E-state index contributed by atoms with van der Waals surface area (Å²) in [6.45, 7) is 0. The number of aldehydes is 1. The molecule has 176 valence electrons. The van der Waals surface area contributed by atoms with Crippen LogP contribution >= 0.6 is 0 Å². The lowest BCUT2D eigenvalue weighted by atomic mass is 10.1. The highest BCUT2D eigenvalue weighted by atomic mass is 16.5. The minimum Gasteiger partial charge on any atom is -0.493 e. The maximum atomic E-state index is 11.2. The van der Waals surface area contributed by atoms with Crippen LogP contribution < -0.4 is 19.5 Å². The highest BCUT2D eigenvalue weighted by Gasteiger charge is 2.15. The molecule has 0 bridgehead atoms. The fourth-order valence-corrected chi connectivity index (χ4v) is 3.77. The molecule has 10 heteroatoms. The number of nitrogens with one attached hydrogen (secondary N) is 1. The van der Waals surface area contributed by atoms with Gasteiger partial charge in [0.15, 0.2) is 23.1 Å². The van der Waals surface area contributed by atoms with Gasteiger partial charge in [-0.25, -0.2) is 14.5 Å². The van der Waals surface area contributed by atoms with Crippen LogP contribution in [0.5, 0.6) is 17.2 Å². The molecular formula is C25H22N6O4. The van der Waals surface area contributed by atoms with Crippen LogP contribution in [0.2, 0.25) is 0 Å². The number of aromatic nitrogens is 5. The summed E-state index contributed by atoms with van der Waals surface area (Å²) in [7, 11) is 4.71. The van der Waals surface area contributed by atoms with Crippen LogP contribution in [0.3, 0.4) is 0 Å². The number of anilines is 2. The molecule has 0 saturated carbocycles. The Kier molecular flexibility index (Phi) is 5.76. The molecule has 0 radical (unpaired) electrons. The second-order valence-electron chi connectivity index (χ2n) is 7.54. The molecule has 10 nitrogen and oxygen atoms in total. The highest BCUT2D eigenvalue weighted by Crippen LogP contribution is 2.39. The van der Waals surface area contributed by atoms with Crippen molar-refractivity contribution in [1.82, 2.24) is 24.1 Å². The fraction of sp³-hybridized carbons (Fsp3) is 0.120. The number of benzene rings is 2. The number of nitrogens with zero attached hydrogens (tertiary/aromatic N) is 5. The predicted molar refractivity (Wildman–Crippen MR) is 130 cm³/mol. The summed E-state index contributed by atoms with van der Waals surface area (Å²) in [6.07, 6.45) is 6.14. The summed E-state index contributed by atoms with van der Waals surface area (Å²) in [6, 6.07) is 14.6. The van der Waals surface area contributed by atoms with Gasteiger partial charge < -0.3 is 24.1 Å². The average molecular weight is 470 g/mol. The van der Waals surface area contributed by atoms with Crippen LogP contribution in [0.15, 0.2) is 67.3 Å². The van der Waals surface area contributed by atoms with E-state index in [1.165, 1.54) is 0 Å². The first-order chi connectivity index (χ1) is 17.1. The van der Waals surface area contributed by atoms with Crippen molar-refractivity contribution in [2.45, 2.75) is 0 Å². The first-order valence-electron chi connectivity index (χ1n) is 10.7. The Hall–Kier alpha value is -4.86. The van der Waals surface area contributed by atoms with Gasteiger partial charge in [0.1, 0.15) is 23.9 Å². The van der Waals surface area contributed by atoms with Gasteiger partial charge in [0, 0.05) is 29.5 Å². The second-order valence-corrected chi connectivity index (χ2v) is 7.54. The van der Waals surface area contributed by atoms with Crippen LogP contribution in [0, 0.1) is 0 Å². The number of fused-ring (bicyclic) bond motifs is 1. The lowest BCUT2D eigenvalue weighted by Gasteiger charge is -2.14. The maximum Gasteiger partial charge on any atom is 0.203 e. The first-order valence-corrected chi connectivity index (χ1v) is 10.7. The molecule has 0 fully saturated rings. The van der Waals surface area contributed by atoms with E-state index in [-0.39, 0.29) is 0 Å². The van der Waals surface area contributed by atoms with E-state index in [1.807, 2.05) is 47.3 Å². The Bertz CT molecular complexity index is 1500. The van der Waals surface area contributed by atoms with Crippen LogP contribution in [-0.4, -0.2) is 51.8 Å². The number of methoxy groups -OCH3 is 3. The molecule has 35 heavy (non-hydrogen) atoms. The topological polar surface area (TPSA) is 105 Å². The van der Waals surface area contributed by atoms with Crippen molar-refractivity contribution >= 4 is 23.4 Å². The third-order valence-corrected chi connectivity index (χ3v) is 5.45. The summed E-state index contributed by atoms with van der Waals surface area (Å²) in [5, 5.41) is 7.86. The van der Waals surface area contributed by atoms with E-state index in [0.29, 0.717) is 40.3 Å². The monoisotopic (exact) mass is 470 g/mol. The van der Waals surface area contributed by atoms with Crippen LogP contribution in [0.25, 0.3) is 22.6 Å². The lowest BCUT2D eigenvalue weighted by Crippen LogP contribution is -2.03. The van der Waals surface area contributed by atoms with E-state index in [9.17, 15) is 4.79 Å². The van der Waals surface area contributed by atoms with Gasteiger partial charge in [0.25, 0.3) is 0 Å². The van der Waals surface area contributed by atoms with Crippen LogP contribution in [-0.2, 0) is 0 Å². The summed E-state index contributed by atoms with van der Waals surface area (Å²) in [4.78, 5) is 20.4. The third-order valence-electron chi connectivity index (χ3n) is 5.45. The van der Waals surface area contributed by atoms with Gasteiger partial charge in [0.05, 0.1) is 33.2 Å². The molecule has 5 aromatic rings. The van der Waals surface area contributed by atoms with Crippen molar-refractivity contribution in [3.8, 4) is 34.3 Å². The minimum absolute atomic E-state index is 0.476. The molecule has 5 rings (SSSR count). The summed E-state index contributed by atoms with van der Waals surface area (Å²) in [5.41, 5.74) is 2.85. The number of hydrogen-bond donors (Lipinski definition) is 1. The molecule has 0 atom stereocenters. The van der Waals surface area contributed by atoms with Crippen LogP contribution in [0.1, 0.15) is 10.4 Å². The van der Waals surface area contributed by atoms with Crippen molar-refractivity contribution in [1.29, 1.82) is 0 Å². The van der Waals surface area contributed by atoms with Gasteiger partial charge in [0.2, 0.25) is 5.75 Å². The van der Waals surface area contributed by atoms with Crippen molar-refractivity contribution < 1.29 is 19.0 Å². The third kappa shape index (κ3) is 4.12. The number of hydrogen-bond acceptors (Lipinski definition) is 8. The molecule has 0 spiro atoms. The Morgan fingerprint density at radius 3 is 2.49 bits per heavy atom. The standard InChI is InChI=1S/C25H22N6O4/c1-33-20-11-18(12-21(34-2)23(20)35-3)30-13-22(26-15-30)27-25-19-8-5-9-31(19)29-24(28-25)17-7-4-6-16(10-17)14-32/h4-15H,1-3H3,(H,27,28,29). The number of rotatable bonds is 8.